The predicted molar refractivity (Wildman–Crippen MR) is 56.4 cm³/mol. The number of aliphatic hydroxyl groups is 1. The van der Waals surface area contributed by atoms with Crippen LogP contribution in [0.2, 0.25) is 0 Å². The second kappa shape index (κ2) is 4.32. The van der Waals surface area contributed by atoms with Gasteiger partial charge in [-0.2, -0.15) is 0 Å². The SMILES string of the molecule is Cc1ccc(C(O)C(Cl)Cl)cc1C. The van der Waals surface area contributed by atoms with Crippen molar-refractivity contribution in [3.8, 4) is 0 Å². The van der Waals surface area contributed by atoms with Crippen LogP contribution in [0, 0.1) is 13.8 Å². The molecule has 0 heterocycles. The first kappa shape index (κ1) is 10.8. The molecule has 0 amide bonds. The lowest BCUT2D eigenvalue weighted by atomic mass is 10.0. The zero-order valence-corrected chi connectivity index (χ0v) is 9.10. The molecule has 0 aliphatic rings. The first-order valence-electron chi connectivity index (χ1n) is 4.05. The van der Waals surface area contributed by atoms with Gasteiger partial charge in [-0.3, -0.25) is 0 Å². The van der Waals surface area contributed by atoms with Gasteiger partial charge in [0.15, 0.2) is 0 Å². The zero-order valence-electron chi connectivity index (χ0n) is 7.59. The maximum Gasteiger partial charge on any atom is 0.137 e. The van der Waals surface area contributed by atoms with E-state index >= 15 is 0 Å². The smallest absolute Gasteiger partial charge is 0.137 e. The molecular weight excluding hydrogens is 207 g/mol. The van der Waals surface area contributed by atoms with Crippen LogP contribution in [0.1, 0.15) is 22.8 Å². The summed E-state index contributed by atoms with van der Waals surface area (Å²) in [5.41, 5.74) is 3.08. The molecule has 0 bridgehead atoms. The summed E-state index contributed by atoms with van der Waals surface area (Å²) in [5, 5.41) is 9.55. The summed E-state index contributed by atoms with van der Waals surface area (Å²) >= 11 is 11.1. The summed E-state index contributed by atoms with van der Waals surface area (Å²) in [4.78, 5) is -0.776. The molecule has 1 N–H and O–H groups in total. The standard InChI is InChI=1S/C10H12Cl2O/c1-6-3-4-8(5-7(6)2)9(13)10(11)12/h3-5,9-10,13H,1-2H3. The number of hydrogen-bond acceptors (Lipinski definition) is 1. The average molecular weight is 219 g/mol. The summed E-state index contributed by atoms with van der Waals surface area (Å²) in [6.45, 7) is 4.01. The number of rotatable bonds is 2. The molecule has 0 fully saturated rings. The van der Waals surface area contributed by atoms with Gasteiger partial charge in [0.2, 0.25) is 0 Å². The van der Waals surface area contributed by atoms with Crippen LogP contribution in [-0.4, -0.2) is 9.94 Å². The van der Waals surface area contributed by atoms with E-state index < -0.39 is 10.9 Å². The van der Waals surface area contributed by atoms with Gasteiger partial charge < -0.3 is 5.11 Å². The number of alkyl halides is 2. The monoisotopic (exact) mass is 218 g/mol. The lowest BCUT2D eigenvalue weighted by Gasteiger charge is -2.12. The largest absolute Gasteiger partial charge is 0.386 e. The van der Waals surface area contributed by atoms with Gasteiger partial charge in [0.25, 0.3) is 0 Å². The topological polar surface area (TPSA) is 20.2 Å². The fraction of sp³-hybridized carbons (Fsp3) is 0.400. The lowest BCUT2D eigenvalue weighted by Crippen LogP contribution is -2.06. The van der Waals surface area contributed by atoms with Gasteiger partial charge in [-0.15, -0.1) is 23.2 Å². The molecular formula is C10H12Cl2O. The van der Waals surface area contributed by atoms with Crippen molar-refractivity contribution in [3.63, 3.8) is 0 Å². The van der Waals surface area contributed by atoms with E-state index in [-0.39, 0.29) is 0 Å². The van der Waals surface area contributed by atoms with Gasteiger partial charge in [0.05, 0.1) is 0 Å². The quantitative estimate of drug-likeness (QED) is 0.757. The fourth-order valence-corrected chi connectivity index (χ4v) is 1.39. The minimum Gasteiger partial charge on any atom is -0.386 e. The summed E-state index contributed by atoms with van der Waals surface area (Å²) in [6.07, 6.45) is -0.803. The highest BCUT2D eigenvalue weighted by atomic mass is 35.5. The van der Waals surface area contributed by atoms with Crippen LogP contribution >= 0.6 is 23.2 Å². The maximum absolute atomic E-state index is 9.55. The molecule has 0 saturated carbocycles. The Morgan fingerprint density at radius 1 is 1.15 bits per heavy atom. The molecule has 0 aromatic heterocycles. The maximum atomic E-state index is 9.55. The molecule has 1 unspecified atom stereocenters. The van der Waals surface area contributed by atoms with E-state index in [1.807, 2.05) is 32.0 Å². The van der Waals surface area contributed by atoms with Gasteiger partial charge in [-0.25, -0.2) is 0 Å². The number of benzene rings is 1. The van der Waals surface area contributed by atoms with E-state index in [0.717, 1.165) is 11.1 Å². The van der Waals surface area contributed by atoms with E-state index in [1.165, 1.54) is 5.56 Å². The van der Waals surface area contributed by atoms with E-state index in [0.29, 0.717) is 0 Å². The number of hydrogen-bond donors (Lipinski definition) is 1. The van der Waals surface area contributed by atoms with Crippen LogP contribution < -0.4 is 0 Å². The van der Waals surface area contributed by atoms with Gasteiger partial charge in [-0.05, 0) is 30.5 Å². The number of aliphatic hydroxyl groups excluding tert-OH is 1. The van der Waals surface area contributed by atoms with E-state index in [1.54, 1.807) is 0 Å². The molecule has 0 spiro atoms. The van der Waals surface area contributed by atoms with Crippen molar-refractivity contribution < 1.29 is 5.11 Å². The summed E-state index contributed by atoms with van der Waals surface area (Å²) in [7, 11) is 0. The van der Waals surface area contributed by atoms with E-state index in [4.69, 9.17) is 23.2 Å². The second-order valence-corrected chi connectivity index (χ2v) is 4.29. The van der Waals surface area contributed by atoms with Gasteiger partial charge in [-0.1, -0.05) is 18.2 Å². The summed E-state index contributed by atoms with van der Waals surface area (Å²) < 4.78 is 0. The van der Waals surface area contributed by atoms with Crippen molar-refractivity contribution in [1.82, 2.24) is 0 Å². The van der Waals surface area contributed by atoms with Crippen LogP contribution in [0.15, 0.2) is 18.2 Å². The Bertz CT molecular complexity index is 297. The Labute approximate surface area is 88.3 Å². The van der Waals surface area contributed by atoms with Crippen LogP contribution in [0.5, 0.6) is 0 Å². The third-order valence-corrected chi connectivity index (χ3v) is 2.59. The average Bonchev–Trinajstić information content (AvgIpc) is 2.08. The third-order valence-electron chi connectivity index (χ3n) is 2.11. The Morgan fingerprint density at radius 3 is 2.23 bits per heavy atom. The third kappa shape index (κ3) is 2.60. The molecule has 0 saturated heterocycles. The van der Waals surface area contributed by atoms with Crippen LogP contribution in [0.3, 0.4) is 0 Å². The Balaban J connectivity index is 2.97. The Kier molecular flexibility index (Phi) is 3.60. The molecule has 3 heteroatoms. The number of aryl methyl sites for hydroxylation is 2. The van der Waals surface area contributed by atoms with Crippen molar-refractivity contribution in [2.24, 2.45) is 0 Å². The Morgan fingerprint density at radius 2 is 1.77 bits per heavy atom. The number of halogens is 2. The van der Waals surface area contributed by atoms with Crippen LogP contribution in [0.25, 0.3) is 0 Å². The van der Waals surface area contributed by atoms with Crippen molar-refractivity contribution in [2.75, 3.05) is 0 Å². The predicted octanol–water partition coefficient (Wildman–Crippen LogP) is 3.14. The van der Waals surface area contributed by atoms with Gasteiger partial charge in [0, 0.05) is 0 Å². The second-order valence-electron chi connectivity index (χ2n) is 3.12. The first-order valence-corrected chi connectivity index (χ1v) is 4.93. The normalized spacial score (nSPS) is 13.4. The van der Waals surface area contributed by atoms with Crippen molar-refractivity contribution >= 4 is 23.2 Å². The minimum absolute atomic E-state index is 0.762. The summed E-state index contributed by atoms with van der Waals surface area (Å²) in [5.74, 6) is 0. The molecule has 1 atom stereocenters. The summed E-state index contributed by atoms with van der Waals surface area (Å²) in [6, 6.07) is 5.69. The van der Waals surface area contributed by atoms with Crippen molar-refractivity contribution in [3.05, 3.63) is 34.9 Å². The molecule has 1 aromatic rings. The van der Waals surface area contributed by atoms with E-state index in [2.05, 4.69) is 0 Å². The molecule has 0 radical (unpaired) electrons. The van der Waals surface area contributed by atoms with Crippen LogP contribution in [-0.2, 0) is 0 Å². The fourth-order valence-electron chi connectivity index (χ4n) is 1.09. The van der Waals surface area contributed by atoms with E-state index in [9.17, 15) is 5.11 Å². The molecule has 1 nitrogen and oxygen atoms in total. The highest BCUT2D eigenvalue weighted by molar-refractivity contribution is 6.44. The molecule has 0 aliphatic carbocycles. The zero-order chi connectivity index (χ0) is 10.0. The highest BCUT2D eigenvalue weighted by Gasteiger charge is 2.15. The first-order chi connectivity index (χ1) is 6.02. The Hall–Kier alpha value is -0.240. The molecule has 0 aliphatic heterocycles. The molecule has 1 aromatic carbocycles. The van der Waals surface area contributed by atoms with Gasteiger partial charge in [0.1, 0.15) is 10.9 Å². The minimum atomic E-state index is -0.803. The van der Waals surface area contributed by atoms with Crippen molar-refractivity contribution in [2.45, 2.75) is 24.8 Å². The van der Waals surface area contributed by atoms with Gasteiger partial charge >= 0.3 is 0 Å². The highest BCUT2D eigenvalue weighted by Crippen LogP contribution is 2.25. The molecule has 13 heavy (non-hydrogen) atoms. The lowest BCUT2D eigenvalue weighted by molar-refractivity contribution is 0.193. The molecule has 72 valence electrons. The van der Waals surface area contributed by atoms with Crippen molar-refractivity contribution in [1.29, 1.82) is 0 Å². The van der Waals surface area contributed by atoms with Crippen LogP contribution in [0.4, 0.5) is 0 Å². The molecule has 1 rings (SSSR count).